The van der Waals surface area contributed by atoms with Gasteiger partial charge in [0, 0.05) is 10.8 Å². The third-order valence-corrected chi connectivity index (χ3v) is 3.25. The Morgan fingerprint density at radius 2 is 2.21 bits per heavy atom. The van der Waals surface area contributed by atoms with E-state index in [0.29, 0.717) is 17.5 Å². The van der Waals surface area contributed by atoms with Gasteiger partial charge in [0.15, 0.2) is 10.7 Å². The quantitative estimate of drug-likeness (QED) is 0.807. The number of aromatic nitrogens is 2. The first-order valence-electron chi connectivity index (χ1n) is 6.01. The summed E-state index contributed by atoms with van der Waals surface area (Å²) in [7, 11) is 0. The summed E-state index contributed by atoms with van der Waals surface area (Å²) in [5.41, 5.74) is 0.185. The molecule has 0 aliphatic heterocycles. The molecule has 0 N–H and O–H groups in total. The molecule has 2 aromatic heterocycles. The number of carbonyl (C=O) groups excluding carboxylic acids is 1. The highest BCUT2D eigenvalue weighted by molar-refractivity contribution is 7.13. The molecule has 0 aromatic carbocycles. The lowest BCUT2D eigenvalue weighted by atomic mass is 9.94. The van der Waals surface area contributed by atoms with E-state index >= 15 is 0 Å². The summed E-state index contributed by atoms with van der Waals surface area (Å²) in [6, 6.07) is 0. The minimum atomic E-state index is -0.424. The molecule has 6 heteroatoms. The van der Waals surface area contributed by atoms with Crippen LogP contribution in [-0.4, -0.2) is 22.5 Å². The van der Waals surface area contributed by atoms with Crippen molar-refractivity contribution in [3.8, 4) is 10.9 Å². The molecule has 0 fully saturated rings. The van der Waals surface area contributed by atoms with E-state index in [1.165, 1.54) is 11.3 Å². The first-order valence-corrected chi connectivity index (χ1v) is 6.89. The van der Waals surface area contributed by atoms with E-state index in [-0.39, 0.29) is 11.1 Å². The van der Waals surface area contributed by atoms with Gasteiger partial charge in [-0.25, -0.2) is 14.8 Å². The van der Waals surface area contributed by atoms with Crippen LogP contribution < -0.4 is 0 Å². The Labute approximate surface area is 115 Å². The topological polar surface area (TPSA) is 65.2 Å². The predicted molar refractivity (Wildman–Crippen MR) is 72.3 cm³/mol. The number of ether oxygens (including phenoxy) is 1. The highest BCUT2D eigenvalue weighted by atomic mass is 32.1. The highest BCUT2D eigenvalue weighted by Crippen LogP contribution is 2.29. The highest BCUT2D eigenvalue weighted by Gasteiger charge is 2.21. The predicted octanol–water partition coefficient (Wildman–Crippen LogP) is 3.27. The minimum Gasteiger partial charge on any atom is -0.461 e. The Hall–Kier alpha value is -1.69. The molecule has 0 saturated carbocycles. The molecule has 0 atom stereocenters. The van der Waals surface area contributed by atoms with Crippen LogP contribution >= 0.6 is 11.3 Å². The van der Waals surface area contributed by atoms with Crippen molar-refractivity contribution in [3.63, 3.8) is 0 Å². The average molecular weight is 280 g/mol. The fourth-order valence-electron chi connectivity index (χ4n) is 1.39. The lowest BCUT2D eigenvalue weighted by Gasteiger charge is -2.12. The van der Waals surface area contributed by atoms with Gasteiger partial charge in [0.1, 0.15) is 5.76 Å². The van der Waals surface area contributed by atoms with Crippen molar-refractivity contribution in [2.45, 2.75) is 33.1 Å². The van der Waals surface area contributed by atoms with Crippen LogP contribution in [0.2, 0.25) is 0 Å². The molecule has 0 saturated heterocycles. The van der Waals surface area contributed by atoms with Crippen molar-refractivity contribution in [2.75, 3.05) is 6.61 Å². The number of hydrogen-bond acceptors (Lipinski definition) is 6. The largest absolute Gasteiger partial charge is 0.461 e. The van der Waals surface area contributed by atoms with E-state index in [1.54, 1.807) is 18.5 Å². The number of esters is 1. The molecule has 2 heterocycles. The SMILES string of the molecule is CCOC(=O)c1csc(-c2ncc(C(C)(C)C)o2)n1. The van der Waals surface area contributed by atoms with Crippen LogP contribution in [0.1, 0.15) is 43.9 Å². The first-order chi connectivity index (χ1) is 8.91. The van der Waals surface area contributed by atoms with Gasteiger partial charge in [-0.3, -0.25) is 0 Å². The summed E-state index contributed by atoms with van der Waals surface area (Å²) in [5, 5.41) is 2.23. The van der Waals surface area contributed by atoms with Crippen LogP contribution in [-0.2, 0) is 10.2 Å². The van der Waals surface area contributed by atoms with Gasteiger partial charge in [-0.2, -0.15) is 0 Å². The standard InChI is InChI=1S/C13H16N2O3S/c1-5-17-12(16)8-7-19-11(15-8)10-14-6-9(18-10)13(2,3)4/h6-7H,5H2,1-4H3. The molecule has 0 amide bonds. The van der Waals surface area contributed by atoms with E-state index in [9.17, 15) is 4.79 Å². The van der Waals surface area contributed by atoms with Crippen LogP contribution in [0.25, 0.3) is 10.9 Å². The van der Waals surface area contributed by atoms with Gasteiger partial charge >= 0.3 is 5.97 Å². The normalized spacial score (nSPS) is 11.6. The Kier molecular flexibility index (Phi) is 3.71. The number of thiazole rings is 1. The molecule has 0 radical (unpaired) electrons. The van der Waals surface area contributed by atoms with E-state index in [1.807, 2.05) is 20.8 Å². The molecule has 19 heavy (non-hydrogen) atoms. The van der Waals surface area contributed by atoms with Gasteiger partial charge in [-0.05, 0) is 6.92 Å². The van der Waals surface area contributed by atoms with Crippen molar-refractivity contribution in [2.24, 2.45) is 0 Å². The Bertz CT molecular complexity index is 581. The summed E-state index contributed by atoms with van der Waals surface area (Å²) in [6.07, 6.45) is 1.70. The summed E-state index contributed by atoms with van der Waals surface area (Å²) >= 11 is 1.31. The van der Waals surface area contributed by atoms with Gasteiger partial charge in [0.25, 0.3) is 5.89 Å². The monoisotopic (exact) mass is 280 g/mol. The fourth-order valence-corrected chi connectivity index (χ4v) is 2.11. The molecule has 2 aromatic rings. The Balaban J connectivity index is 2.23. The van der Waals surface area contributed by atoms with Crippen LogP contribution in [0.3, 0.4) is 0 Å². The molecule has 0 bridgehead atoms. The second-order valence-corrected chi connectivity index (χ2v) is 5.90. The molecule has 0 spiro atoms. The number of hydrogen-bond donors (Lipinski definition) is 0. The minimum absolute atomic E-state index is 0.105. The third kappa shape index (κ3) is 3.01. The van der Waals surface area contributed by atoms with Gasteiger partial charge in [0.2, 0.25) is 0 Å². The summed E-state index contributed by atoms with van der Waals surface area (Å²) in [4.78, 5) is 19.9. The van der Waals surface area contributed by atoms with Crippen molar-refractivity contribution >= 4 is 17.3 Å². The number of nitrogens with zero attached hydrogens (tertiary/aromatic N) is 2. The maximum atomic E-state index is 11.5. The van der Waals surface area contributed by atoms with Crippen molar-refractivity contribution in [1.82, 2.24) is 9.97 Å². The van der Waals surface area contributed by atoms with E-state index < -0.39 is 5.97 Å². The smallest absolute Gasteiger partial charge is 0.357 e. The molecule has 0 aliphatic carbocycles. The maximum absolute atomic E-state index is 11.5. The van der Waals surface area contributed by atoms with Crippen molar-refractivity contribution in [3.05, 3.63) is 23.0 Å². The summed E-state index contributed by atoms with van der Waals surface area (Å²) in [6.45, 7) is 8.23. The Morgan fingerprint density at radius 3 is 2.79 bits per heavy atom. The van der Waals surface area contributed by atoms with Gasteiger partial charge in [0.05, 0.1) is 12.8 Å². The maximum Gasteiger partial charge on any atom is 0.357 e. The van der Waals surface area contributed by atoms with Crippen LogP contribution in [0, 0.1) is 0 Å². The Morgan fingerprint density at radius 1 is 1.47 bits per heavy atom. The van der Waals surface area contributed by atoms with Gasteiger partial charge in [-0.1, -0.05) is 20.8 Å². The molecule has 5 nitrogen and oxygen atoms in total. The van der Waals surface area contributed by atoms with Crippen LogP contribution in [0.4, 0.5) is 0 Å². The van der Waals surface area contributed by atoms with E-state index in [4.69, 9.17) is 9.15 Å². The first kappa shape index (κ1) is 13.7. The van der Waals surface area contributed by atoms with Crippen molar-refractivity contribution < 1.29 is 13.9 Å². The molecular weight excluding hydrogens is 264 g/mol. The molecule has 2 rings (SSSR count). The zero-order valence-electron chi connectivity index (χ0n) is 11.4. The fraction of sp³-hybridized carbons (Fsp3) is 0.462. The van der Waals surface area contributed by atoms with E-state index in [0.717, 1.165) is 5.76 Å². The zero-order valence-corrected chi connectivity index (χ0v) is 12.2. The van der Waals surface area contributed by atoms with E-state index in [2.05, 4.69) is 9.97 Å². The zero-order chi connectivity index (χ0) is 14.0. The average Bonchev–Trinajstić information content (AvgIpc) is 2.97. The van der Waals surface area contributed by atoms with Crippen LogP contribution in [0.5, 0.6) is 0 Å². The van der Waals surface area contributed by atoms with Gasteiger partial charge in [-0.15, -0.1) is 11.3 Å². The third-order valence-electron chi connectivity index (χ3n) is 2.42. The second kappa shape index (κ2) is 5.13. The number of rotatable bonds is 3. The van der Waals surface area contributed by atoms with Gasteiger partial charge < -0.3 is 9.15 Å². The summed E-state index contributed by atoms with van der Waals surface area (Å²) < 4.78 is 10.6. The second-order valence-electron chi connectivity index (χ2n) is 5.04. The molecular formula is C13H16N2O3S. The van der Waals surface area contributed by atoms with Crippen molar-refractivity contribution in [1.29, 1.82) is 0 Å². The lowest BCUT2D eigenvalue weighted by molar-refractivity contribution is 0.0520. The molecule has 0 unspecified atom stereocenters. The summed E-state index contributed by atoms with van der Waals surface area (Å²) in [5.74, 6) is 0.799. The van der Waals surface area contributed by atoms with Crippen LogP contribution in [0.15, 0.2) is 16.0 Å². The lowest BCUT2D eigenvalue weighted by Crippen LogP contribution is -2.09. The molecule has 0 aliphatic rings. The molecule has 102 valence electrons. The number of carbonyl (C=O) groups is 1. The number of oxazole rings is 1.